The Morgan fingerprint density at radius 3 is 2.86 bits per heavy atom. The average Bonchev–Trinajstić information content (AvgIpc) is 3.13. The van der Waals surface area contributed by atoms with Crippen molar-refractivity contribution in [3.05, 3.63) is 17.7 Å². The number of piperidine rings is 1. The van der Waals surface area contributed by atoms with Gasteiger partial charge in [0.15, 0.2) is 0 Å². The van der Waals surface area contributed by atoms with E-state index < -0.39 is 0 Å². The molecule has 2 aliphatic rings. The SMILES string of the molecule is CCCCc1ncc(CN2C[C@H](O)[C@@H](N3CCCCC3)C2)[nH]1. The Kier molecular flexibility index (Phi) is 5.50. The Morgan fingerprint density at radius 2 is 2.09 bits per heavy atom. The average molecular weight is 306 g/mol. The van der Waals surface area contributed by atoms with Gasteiger partial charge in [0.1, 0.15) is 5.82 Å². The van der Waals surface area contributed by atoms with Crippen LogP contribution in [-0.4, -0.2) is 63.2 Å². The fraction of sp³-hybridized carbons (Fsp3) is 0.824. The molecule has 1 aromatic heterocycles. The maximum absolute atomic E-state index is 10.4. The molecule has 124 valence electrons. The van der Waals surface area contributed by atoms with Crippen LogP contribution in [0.2, 0.25) is 0 Å². The summed E-state index contributed by atoms with van der Waals surface area (Å²) in [5.41, 5.74) is 1.18. The summed E-state index contributed by atoms with van der Waals surface area (Å²) in [6.07, 6.45) is 9.09. The standard InChI is InChI=1S/C17H30N4O/c1-2-3-7-17-18-10-14(19-17)11-20-12-15(16(22)13-20)21-8-5-4-6-9-21/h10,15-16,22H,2-9,11-13H2,1H3,(H,18,19)/t15-,16-/m0/s1. The Balaban J connectivity index is 1.52. The normalized spacial score (nSPS) is 27.5. The fourth-order valence-corrected chi connectivity index (χ4v) is 3.78. The van der Waals surface area contributed by atoms with E-state index in [2.05, 4.69) is 26.7 Å². The van der Waals surface area contributed by atoms with Crippen LogP contribution < -0.4 is 0 Å². The van der Waals surface area contributed by atoms with Crippen molar-refractivity contribution in [3.8, 4) is 0 Å². The van der Waals surface area contributed by atoms with Gasteiger partial charge in [-0.25, -0.2) is 4.98 Å². The number of imidazole rings is 1. The molecule has 2 fully saturated rings. The molecular weight excluding hydrogens is 276 g/mol. The van der Waals surface area contributed by atoms with Crippen molar-refractivity contribution in [2.45, 2.75) is 64.1 Å². The highest BCUT2D eigenvalue weighted by Crippen LogP contribution is 2.22. The number of nitrogens with zero attached hydrogens (tertiary/aromatic N) is 3. The van der Waals surface area contributed by atoms with Gasteiger partial charge in [0.05, 0.1) is 6.10 Å². The lowest BCUT2D eigenvalue weighted by Crippen LogP contribution is -2.45. The van der Waals surface area contributed by atoms with Gasteiger partial charge in [-0.1, -0.05) is 19.8 Å². The summed E-state index contributed by atoms with van der Waals surface area (Å²) in [6, 6.07) is 0.322. The maximum Gasteiger partial charge on any atom is 0.106 e. The van der Waals surface area contributed by atoms with Crippen LogP contribution in [0.3, 0.4) is 0 Å². The molecule has 22 heavy (non-hydrogen) atoms. The van der Waals surface area contributed by atoms with Crippen molar-refractivity contribution >= 4 is 0 Å². The molecule has 0 aromatic carbocycles. The summed E-state index contributed by atoms with van der Waals surface area (Å²) in [4.78, 5) is 12.8. The zero-order chi connectivity index (χ0) is 15.4. The van der Waals surface area contributed by atoms with Crippen molar-refractivity contribution in [3.63, 3.8) is 0 Å². The second kappa shape index (κ2) is 7.57. The number of hydrogen-bond acceptors (Lipinski definition) is 4. The molecule has 0 amide bonds. The lowest BCUT2D eigenvalue weighted by atomic mass is 10.1. The maximum atomic E-state index is 10.4. The number of H-pyrrole nitrogens is 1. The van der Waals surface area contributed by atoms with E-state index in [0.717, 1.165) is 45.0 Å². The predicted octanol–water partition coefficient (Wildman–Crippen LogP) is 1.78. The van der Waals surface area contributed by atoms with E-state index >= 15 is 0 Å². The first-order chi connectivity index (χ1) is 10.8. The molecule has 0 radical (unpaired) electrons. The van der Waals surface area contributed by atoms with Crippen LogP contribution in [-0.2, 0) is 13.0 Å². The Hall–Kier alpha value is -0.910. The van der Waals surface area contributed by atoms with Crippen molar-refractivity contribution < 1.29 is 5.11 Å². The first-order valence-electron chi connectivity index (χ1n) is 8.93. The quantitative estimate of drug-likeness (QED) is 0.841. The van der Waals surface area contributed by atoms with Gasteiger partial charge >= 0.3 is 0 Å². The minimum Gasteiger partial charge on any atom is -0.390 e. The molecule has 0 aliphatic carbocycles. The number of aryl methyl sites for hydroxylation is 1. The van der Waals surface area contributed by atoms with Crippen molar-refractivity contribution in [2.24, 2.45) is 0 Å². The van der Waals surface area contributed by atoms with E-state index in [4.69, 9.17) is 0 Å². The first-order valence-corrected chi connectivity index (χ1v) is 8.93. The third-order valence-electron chi connectivity index (χ3n) is 5.04. The number of β-amino-alcohol motifs (C(OH)–C–C–N with tert-alkyl or cyclic N) is 1. The summed E-state index contributed by atoms with van der Waals surface area (Å²) >= 11 is 0. The molecule has 2 aliphatic heterocycles. The monoisotopic (exact) mass is 306 g/mol. The van der Waals surface area contributed by atoms with Crippen LogP contribution in [0.25, 0.3) is 0 Å². The molecule has 0 saturated carbocycles. The Bertz CT molecular complexity index is 455. The zero-order valence-corrected chi connectivity index (χ0v) is 13.8. The number of likely N-dealkylation sites (tertiary alicyclic amines) is 2. The molecule has 0 unspecified atom stereocenters. The van der Waals surface area contributed by atoms with Crippen molar-refractivity contribution in [2.75, 3.05) is 26.2 Å². The molecule has 3 heterocycles. The van der Waals surface area contributed by atoms with Crippen LogP contribution >= 0.6 is 0 Å². The lowest BCUT2D eigenvalue weighted by Gasteiger charge is -2.33. The van der Waals surface area contributed by atoms with Gasteiger partial charge in [0.25, 0.3) is 0 Å². The van der Waals surface area contributed by atoms with Gasteiger partial charge < -0.3 is 10.1 Å². The number of aliphatic hydroxyl groups is 1. The molecule has 3 rings (SSSR count). The molecule has 1 aromatic rings. The number of aliphatic hydroxyl groups excluding tert-OH is 1. The van der Waals surface area contributed by atoms with Crippen molar-refractivity contribution in [1.82, 2.24) is 19.8 Å². The van der Waals surface area contributed by atoms with E-state index in [1.54, 1.807) is 0 Å². The molecule has 2 saturated heterocycles. The first kappa shape index (κ1) is 16.0. The summed E-state index contributed by atoms with van der Waals surface area (Å²) in [7, 11) is 0. The van der Waals surface area contributed by atoms with Crippen LogP contribution in [0.1, 0.15) is 50.5 Å². The van der Waals surface area contributed by atoms with E-state index in [0.29, 0.717) is 6.04 Å². The molecule has 0 bridgehead atoms. The Morgan fingerprint density at radius 1 is 1.27 bits per heavy atom. The number of aromatic nitrogens is 2. The summed E-state index contributed by atoms with van der Waals surface area (Å²) < 4.78 is 0. The third-order valence-corrected chi connectivity index (χ3v) is 5.04. The highest BCUT2D eigenvalue weighted by atomic mass is 16.3. The van der Waals surface area contributed by atoms with Crippen LogP contribution in [0, 0.1) is 0 Å². The molecule has 0 spiro atoms. The second-order valence-electron chi connectivity index (χ2n) is 6.88. The topological polar surface area (TPSA) is 55.4 Å². The van der Waals surface area contributed by atoms with Gasteiger partial charge in [-0.05, 0) is 32.4 Å². The minimum absolute atomic E-state index is 0.208. The highest BCUT2D eigenvalue weighted by Gasteiger charge is 2.35. The largest absolute Gasteiger partial charge is 0.390 e. The van der Waals surface area contributed by atoms with Gasteiger partial charge in [-0.3, -0.25) is 9.80 Å². The van der Waals surface area contributed by atoms with Gasteiger partial charge in [-0.15, -0.1) is 0 Å². The summed E-state index contributed by atoms with van der Waals surface area (Å²) in [5, 5.41) is 10.4. The third kappa shape index (κ3) is 3.89. The van der Waals surface area contributed by atoms with Crippen LogP contribution in [0.4, 0.5) is 0 Å². The van der Waals surface area contributed by atoms with Crippen LogP contribution in [0.5, 0.6) is 0 Å². The predicted molar refractivity (Wildman–Crippen MR) is 87.7 cm³/mol. The van der Waals surface area contributed by atoms with Gasteiger partial charge in [0, 0.05) is 44.0 Å². The number of aromatic amines is 1. The smallest absolute Gasteiger partial charge is 0.106 e. The van der Waals surface area contributed by atoms with Crippen molar-refractivity contribution in [1.29, 1.82) is 0 Å². The fourth-order valence-electron chi connectivity index (χ4n) is 3.78. The molecule has 5 nitrogen and oxygen atoms in total. The van der Waals surface area contributed by atoms with E-state index in [-0.39, 0.29) is 6.10 Å². The number of hydrogen-bond donors (Lipinski definition) is 2. The summed E-state index contributed by atoms with van der Waals surface area (Å²) in [5.74, 6) is 1.10. The molecule has 2 N–H and O–H groups in total. The van der Waals surface area contributed by atoms with Gasteiger partial charge in [-0.2, -0.15) is 0 Å². The van der Waals surface area contributed by atoms with E-state index in [9.17, 15) is 5.11 Å². The summed E-state index contributed by atoms with van der Waals surface area (Å²) in [6.45, 7) is 7.15. The zero-order valence-electron chi connectivity index (χ0n) is 13.8. The van der Waals surface area contributed by atoms with E-state index in [1.165, 1.54) is 37.8 Å². The number of unbranched alkanes of at least 4 members (excludes halogenated alkanes) is 1. The highest BCUT2D eigenvalue weighted by molar-refractivity contribution is 5.03. The molecular formula is C17H30N4O. The molecule has 5 heteroatoms. The Labute approximate surface area is 133 Å². The van der Waals surface area contributed by atoms with E-state index in [1.807, 2.05) is 6.20 Å². The number of rotatable bonds is 6. The van der Waals surface area contributed by atoms with Crippen LogP contribution in [0.15, 0.2) is 6.20 Å². The van der Waals surface area contributed by atoms with Gasteiger partial charge in [0.2, 0.25) is 0 Å². The second-order valence-corrected chi connectivity index (χ2v) is 6.88. The number of nitrogens with one attached hydrogen (secondary N) is 1. The minimum atomic E-state index is -0.208. The molecule has 2 atom stereocenters. The lowest BCUT2D eigenvalue weighted by molar-refractivity contribution is 0.0706.